The molecule has 0 aromatic heterocycles. The third-order valence-corrected chi connectivity index (χ3v) is 5.49. The maximum atomic E-state index is 12.8. The number of ether oxygens (including phenoxy) is 1. The molecule has 0 atom stereocenters. The number of primary amides is 1. The van der Waals surface area contributed by atoms with Crippen LogP contribution in [-0.4, -0.2) is 35.0 Å². The maximum Gasteiger partial charge on any atom is 0.266 e. The number of hydrogen-bond donors (Lipinski definition) is 1. The van der Waals surface area contributed by atoms with E-state index in [1.807, 2.05) is 50.3 Å². The first-order valence-corrected chi connectivity index (χ1v) is 10.1. The molecule has 150 valence electrons. The second-order valence-electron chi connectivity index (χ2n) is 6.65. The van der Waals surface area contributed by atoms with E-state index in [2.05, 4.69) is 11.9 Å². The molecule has 0 saturated carbocycles. The predicted molar refractivity (Wildman–Crippen MR) is 117 cm³/mol. The number of benzene rings is 2. The molecule has 0 radical (unpaired) electrons. The van der Waals surface area contributed by atoms with Gasteiger partial charge in [-0.3, -0.25) is 14.5 Å². The van der Waals surface area contributed by atoms with Gasteiger partial charge in [0.15, 0.2) is 11.8 Å². The molecule has 0 aliphatic carbocycles. The van der Waals surface area contributed by atoms with Gasteiger partial charge in [0.05, 0.1) is 10.6 Å². The molecule has 6 nitrogen and oxygen atoms in total. The number of aliphatic imine (C=N–C) groups is 1. The van der Waals surface area contributed by atoms with E-state index in [-0.39, 0.29) is 12.5 Å². The Kier molecular flexibility index (Phi) is 6.39. The molecule has 1 saturated heterocycles. The lowest BCUT2D eigenvalue weighted by Gasteiger charge is -2.12. The topological polar surface area (TPSA) is 85.0 Å². The number of likely N-dealkylation sites (N-methyl/N-ethyl adjacent to an activating group) is 1. The number of nitrogens with zero attached hydrogens (tertiary/aromatic N) is 2. The van der Waals surface area contributed by atoms with E-state index in [1.165, 1.54) is 22.9 Å². The second-order valence-corrected chi connectivity index (χ2v) is 7.66. The van der Waals surface area contributed by atoms with Gasteiger partial charge in [0.2, 0.25) is 0 Å². The molecular weight excluding hydrogens is 386 g/mol. The summed E-state index contributed by atoms with van der Waals surface area (Å²) < 4.78 is 5.25. The van der Waals surface area contributed by atoms with E-state index < -0.39 is 5.91 Å². The van der Waals surface area contributed by atoms with Crippen LogP contribution in [0.2, 0.25) is 0 Å². The summed E-state index contributed by atoms with van der Waals surface area (Å²) in [5, 5.41) is 0.674. The van der Waals surface area contributed by atoms with Crippen molar-refractivity contribution in [2.24, 2.45) is 10.7 Å². The molecule has 0 bridgehead atoms. The van der Waals surface area contributed by atoms with Crippen molar-refractivity contribution in [3.63, 3.8) is 0 Å². The van der Waals surface area contributed by atoms with Gasteiger partial charge in [-0.2, -0.15) is 0 Å². The zero-order chi connectivity index (χ0) is 21.0. The van der Waals surface area contributed by atoms with Gasteiger partial charge in [0.25, 0.3) is 11.8 Å². The highest BCUT2D eigenvalue weighted by Crippen LogP contribution is 2.34. The van der Waals surface area contributed by atoms with Crippen molar-refractivity contribution in [2.75, 3.05) is 13.2 Å². The molecule has 7 heteroatoms. The molecule has 1 aliphatic rings. The van der Waals surface area contributed by atoms with Crippen LogP contribution < -0.4 is 10.5 Å². The van der Waals surface area contributed by atoms with Crippen LogP contribution in [0.25, 0.3) is 6.08 Å². The maximum absolute atomic E-state index is 12.8. The molecule has 0 unspecified atom stereocenters. The first kappa shape index (κ1) is 20.7. The quantitative estimate of drug-likeness (QED) is 0.736. The highest BCUT2D eigenvalue weighted by Gasteiger charge is 2.32. The monoisotopic (exact) mass is 409 g/mol. The Hall–Kier alpha value is -3.06. The molecule has 2 aromatic rings. The van der Waals surface area contributed by atoms with Gasteiger partial charge in [-0.15, -0.1) is 0 Å². The van der Waals surface area contributed by atoms with E-state index in [0.717, 1.165) is 11.3 Å². The SMILES string of the molecule is CCN1C(=O)/C(=C/c2ccc(OCC(N)=O)cc2)SC1=Nc1ccc(C)c(C)c1. The average molecular weight is 410 g/mol. The van der Waals surface area contributed by atoms with Gasteiger partial charge in [-0.05, 0) is 79.6 Å². The van der Waals surface area contributed by atoms with Crippen LogP contribution in [-0.2, 0) is 9.59 Å². The molecule has 1 fully saturated rings. The minimum Gasteiger partial charge on any atom is -0.484 e. The molecule has 2 aromatic carbocycles. The molecule has 29 heavy (non-hydrogen) atoms. The smallest absolute Gasteiger partial charge is 0.266 e. The number of rotatable bonds is 6. The van der Waals surface area contributed by atoms with Crippen LogP contribution in [0, 0.1) is 13.8 Å². The Balaban J connectivity index is 1.81. The summed E-state index contributed by atoms with van der Waals surface area (Å²) in [6, 6.07) is 13.1. The highest BCUT2D eigenvalue weighted by molar-refractivity contribution is 8.18. The van der Waals surface area contributed by atoms with E-state index in [9.17, 15) is 9.59 Å². The number of hydrogen-bond acceptors (Lipinski definition) is 5. The standard InChI is InChI=1S/C22H23N3O3S/c1-4-25-21(27)19(12-16-6-9-18(10-7-16)28-13-20(23)26)29-22(25)24-17-8-5-14(2)15(3)11-17/h5-12H,4,13H2,1-3H3,(H2,23,26)/b19-12-,24-22?. The van der Waals surface area contributed by atoms with Crippen LogP contribution in [0.5, 0.6) is 5.75 Å². The largest absolute Gasteiger partial charge is 0.484 e. The molecule has 2 N–H and O–H groups in total. The van der Waals surface area contributed by atoms with Gasteiger partial charge in [0.1, 0.15) is 5.75 Å². The highest BCUT2D eigenvalue weighted by atomic mass is 32.2. The lowest BCUT2D eigenvalue weighted by atomic mass is 10.1. The normalized spacial score (nSPS) is 16.7. The van der Waals surface area contributed by atoms with E-state index in [1.54, 1.807) is 17.0 Å². The first-order chi connectivity index (χ1) is 13.9. The van der Waals surface area contributed by atoms with Gasteiger partial charge in [0, 0.05) is 6.54 Å². The van der Waals surface area contributed by atoms with Crippen LogP contribution in [0.1, 0.15) is 23.6 Å². The lowest BCUT2D eigenvalue weighted by molar-refractivity contribution is -0.122. The fourth-order valence-corrected chi connectivity index (χ4v) is 3.80. The summed E-state index contributed by atoms with van der Waals surface area (Å²) >= 11 is 1.36. The number of carbonyl (C=O) groups is 2. The predicted octanol–water partition coefficient (Wildman–Crippen LogP) is 3.79. The van der Waals surface area contributed by atoms with Crippen molar-refractivity contribution in [2.45, 2.75) is 20.8 Å². The summed E-state index contributed by atoms with van der Waals surface area (Å²) in [6.45, 7) is 6.42. The lowest BCUT2D eigenvalue weighted by Crippen LogP contribution is -2.28. The van der Waals surface area contributed by atoms with E-state index >= 15 is 0 Å². The Morgan fingerprint density at radius 3 is 2.52 bits per heavy atom. The van der Waals surface area contributed by atoms with Crippen molar-refractivity contribution in [1.29, 1.82) is 0 Å². The Morgan fingerprint density at radius 1 is 1.17 bits per heavy atom. The van der Waals surface area contributed by atoms with Crippen molar-refractivity contribution in [3.8, 4) is 5.75 Å². The number of aryl methyl sites for hydroxylation is 2. The first-order valence-electron chi connectivity index (χ1n) is 9.26. The van der Waals surface area contributed by atoms with Crippen LogP contribution >= 0.6 is 11.8 Å². The molecule has 3 rings (SSSR count). The molecular formula is C22H23N3O3S. The van der Waals surface area contributed by atoms with E-state index in [0.29, 0.717) is 22.4 Å². The minimum absolute atomic E-state index is 0.0610. The third kappa shape index (κ3) is 5.06. The Morgan fingerprint density at radius 2 is 1.90 bits per heavy atom. The van der Waals surface area contributed by atoms with Gasteiger partial charge >= 0.3 is 0 Å². The van der Waals surface area contributed by atoms with Crippen LogP contribution in [0.15, 0.2) is 52.4 Å². The summed E-state index contributed by atoms with van der Waals surface area (Å²) in [5.41, 5.74) is 9.14. The minimum atomic E-state index is -0.528. The zero-order valence-electron chi connectivity index (χ0n) is 16.6. The fraction of sp³-hybridized carbons (Fsp3) is 0.227. The number of amidine groups is 1. The van der Waals surface area contributed by atoms with Crippen molar-refractivity contribution < 1.29 is 14.3 Å². The molecule has 1 aliphatic heterocycles. The number of nitrogens with two attached hydrogens (primary N) is 1. The Bertz CT molecular complexity index is 997. The number of amides is 2. The molecule has 1 heterocycles. The van der Waals surface area contributed by atoms with Crippen LogP contribution in [0.4, 0.5) is 5.69 Å². The van der Waals surface area contributed by atoms with Gasteiger partial charge < -0.3 is 10.5 Å². The number of thioether (sulfide) groups is 1. The summed E-state index contributed by atoms with van der Waals surface area (Å²) in [4.78, 5) is 30.6. The van der Waals surface area contributed by atoms with Gasteiger partial charge in [-0.25, -0.2) is 4.99 Å². The zero-order valence-corrected chi connectivity index (χ0v) is 17.5. The third-order valence-electron chi connectivity index (χ3n) is 4.48. The Labute approximate surface area is 174 Å². The van der Waals surface area contributed by atoms with E-state index in [4.69, 9.17) is 10.5 Å². The van der Waals surface area contributed by atoms with Gasteiger partial charge in [-0.1, -0.05) is 18.2 Å². The summed E-state index contributed by atoms with van der Waals surface area (Å²) in [6.07, 6.45) is 1.83. The summed E-state index contributed by atoms with van der Waals surface area (Å²) in [7, 11) is 0. The fourth-order valence-electron chi connectivity index (χ4n) is 2.74. The molecule has 0 spiro atoms. The van der Waals surface area contributed by atoms with Crippen LogP contribution in [0.3, 0.4) is 0 Å². The number of carbonyl (C=O) groups excluding carboxylic acids is 2. The van der Waals surface area contributed by atoms with Crippen molar-refractivity contribution in [3.05, 3.63) is 64.1 Å². The second kappa shape index (κ2) is 8.96. The average Bonchev–Trinajstić information content (AvgIpc) is 2.98. The van der Waals surface area contributed by atoms with Crippen molar-refractivity contribution in [1.82, 2.24) is 4.90 Å². The molecule has 2 amide bonds. The summed E-state index contributed by atoms with van der Waals surface area (Å²) in [5.74, 6) is -0.0444. The van der Waals surface area contributed by atoms with Crippen molar-refractivity contribution >= 4 is 40.5 Å².